The second kappa shape index (κ2) is 4.56. The lowest BCUT2D eigenvalue weighted by Gasteiger charge is -2.08. The largest absolute Gasteiger partial charge is 0.442 e. The highest BCUT2D eigenvalue weighted by molar-refractivity contribution is 8.47. The van der Waals surface area contributed by atoms with E-state index in [2.05, 4.69) is 10.2 Å². The van der Waals surface area contributed by atoms with Crippen molar-refractivity contribution in [3.05, 3.63) is 0 Å². The van der Waals surface area contributed by atoms with Crippen LogP contribution in [-0.4, -0.2) is 20.5 Å². The Morgan fingerprint density at radius 3 is 2.40 bits per heavy atom. The molecule has 86 valence electrons. The molecule has 3 nitrogen and oxygen atoms in total. The summed E-state index contributed by atoms with van der Waals surface area (Å²) in [5, 5.41) is 5.71. The third-order valence-corrected chi connectivity index (χ3v) is 4.47. The van der Waals surface area contributed by atoms with Crippen molar-refractivity contribution in [2.75, 3.05) is 0 Å². The van der Waals surface area contributed by atoms with Crippen molar-refractivity contribution in [1.82, 2.24) is 0 Å². The fraction of sp³-hybridized carbons (Fsp3) is 0.714. The Kier molecular flexibility index (Phi) is 3.82. The molecule has 1 unspecified atom stereocenters. The maximum absolute atomic E-state index is 12.4. The van der Waals surface area contributed by atoms with Gasteiger partial charge in [0.1, 0.15) is 15.3 Å². The molecule has 0 fully saturated rings. The van der Waals surface area contributed by atoms with E-state index in [1.165, 1.54) is 0 Å². The Hall–Kier alpha value is -0.500. The molecule has 0 amide bonds. The maximum Gasteiger partial charge on any atom is 0.442 e. The number of hydrogen-bond acceptors (Lipinski definition) is 3. The minimum Gasteiger partial charge on any atom is -0.205 e. The molecule has 0 bridgehead atoms. The number of halogens is 3. The molecule has 1 atom stereocenters. The first-order chi connectivity index (χ1) is 6.86. The zero-order chi connectivity index (χ0) is 11.6. The molecule has 1 aliphatic heterocycles. The first-order valence-corrected chi connectivity index (χ1v) is 6.61. The van der Waals surface area contributed by atoms with Crippen LogP contribution in [0.1, 0.15) is 20.3 Å². The van der Waals surface area contributed by atoms with Crippen molar-refractivity contribution >= 4 is 29.8 Å². The summed E-state index contributed by atoms with van der Waals surface area (Å²) in [6.45, 7) is 3.70. The zero-order valence-corrected chi connectivity index (χ0v) is 9.67. The Bertz CT molecular complexity index is 380. The van der Waals surface area contributed by atoms with Crippen LogP contribution in [0.2, 0.25) is 0 Å². The van der Waals surface area contributed by atoms with Gasteiger partial charge in [-0.3, -0.25) is 0 Å². The van der Waals surface area contributed by atoms with Crippen molar-refractivity contribution < 1.29 is 17.4 Å². The summed E-state index contributed by atoms with van der Waals surface area (Å²) in [4.78, 5) is 0. The van der Waals surface area contributed by atoms with E-state index in [-0.39, 0.29) is 21.2 Å². The van der Waals surface area contributed by atoms with E-state index in [1.54, 1.807) is 0 Å². The fourth-order valence-corrected chi connectivity index (χ4v) is 3.39. The van der Waals surface area contributed by atoms with Crippen molar-refractivity contribution in [2.24, 2.45) is 16.1 Å². The van der Waals surface area contributed by atoms with Crippen molar-refractivity contribution in [3.63, 3.8) is 0 Å². The zero-order valence-electron chi connectivity index (χ0n) is 8.04. The maximum atomic E-state index is 12.4. The predicted octanol–water partition coefficient (Wildman–Crippen LogP) is 2.07. The third-order valence-electron chi connectivity index (χ3n) is 1.54. The summed E-state index contributed by atoms with van der Waals surface area (Å²) in [6, 6.07) is 0. The van der Waals surface area contributed by atoms with Crippen LogP contribution < -0.4 is 0 Å². The molecule has 0 N–H and O–H groups in total. The molecule has 0 spiro atoms. The summed E-state index contributed by atoms with van der Waals surface area (Å²) in [7, 11) is -1.65. The van der Waals surface area contributed by atoms with E-state index in [1.807, 2.05) is 13.8 Å². The lowest BCUT2D eigenvalue weighted by molar-refractivity contribution is -0.0555. The molecule has 0 radical (unpaired) electrons. The van der Waals surface area contributed by atoms with E-state index in [4.69, 9.17) is 0 Å². The molecular formula is C7H9F3N2OS2. The lowest BCUT2D eigenvalue weighted by Crippen LogP contribution is -2.28. The van der Waals surface area contributed by atoms with Gasteiger partial charge in [-0.2, -0.15) is 13.2 Å². The Morgan fingerprint density at radius 1 is 1.40 bits per heavy atom. The molecule has 0 saturated heterocycles. The lowest BCUT2D eigenvalue weighted by atomic mass is 10.1. The molecular weight excluding hydrogens is 249 g/mol. The Balaban J connectivity index is 2.94. The highest BCUT2D eigenvalue weighted by atomic mass is 32.8. The molecule has 8 heteroatoms. The first kappa shape index (κ1) is 12.6. The molecule has 1 rings (SSSR count). The van der Waals surface area contributed by atoms with Gasteiger partial charge in [0.15, 0.2) is 0 Å². The SMILES string of the molecule is CC(C)CC1=NN=C(C(F)(F)F)S1=S=O. The number of rotatable bonds is 2. The highest BCUT2D eigenvalue weighted by Gasteiger charge is 2.42. The molecule has 0 saturated carbocycles. The van der Waals surface area contributed by atoms with Crippen molar-refractivity contribution in [2.45, 2.75) is 26.4 Å². The van der Waals surface area contributed by atoms with Gasteiger partial charge in [-0.1, -0.05) is 13.8 Å². The molecule has 1 heterocycles. The number of hydrogen-bond donors (Lipinski definition) is 0. The Labute approximate surface area is 90.1 Å². The average molecular weight is 258 g/mol. The van der Waals surface area contributed by atoms with Gasteiger partial charge < -0.3 is 0 Å². The second-order valence-corrected chi connectivity index (χ2v) is 6.27. The average Bonchev–Trinajstić information content (AvgIpc) is 2.45. The molecule has 0 aromatic heterocycles. The van der Waals surface area contributed by atoms with Crippen LogP contribution in [0.25, 0.3) is 0 Å². The molecule has 0 aromatic carbocycles. The van der Waals surface area contributed by atoms with Crippen LogP contribution in [0.15, 0.2) is 10.2 Å². The number of nitrogens with zero attached hydrogens (tertiary/aromatic N) is 2. The molecule has 0 aliphatic carbocycles. The third kappa shape index (κ3) is 2.97. The standard InChI is InChI=1S/C7H9F3N2OS2/c1-4(2)3-5-11-12-6(7(8,9)10)15(5)14-13/h4H,3H2,1-2H3. The smallest absolute Gasteiger partial charge is 0.205 e. The monoisotopic (exact) mass is 258 g/mol. The van der Waals surface area contributed by atoms with Gasteiger partial charge in [0, 0.05) is 15.9 Å². The van der Waals surface area contributed by atoms with E-state index >= 15 is 0 Å². The molecule has 15 heavy (non-hydrogen) atoms. The summed E-state index contributed by atoms with van der Waals surface area (Å²) in [6.07, 6.45) is -4.18. The van der Waals surface area contributed by atoms with Crippen LogP contribution in [0, 0.1) is 5.92 Å². The fourth-order valence-electron chi connectivity index (χ4n) is 0.986. The van der Waals surface area contributed by atoms with E-state index in [0.29, 0.717) is 6.42 Å². The van der Waals surface area contributed by atoms with Crippen LogP contribution in [-0.2, 0) is 19.7 Å². The van der Waals surface area contributed by atoms with Crippen LogP contribution in [0.5, 0.6) is 0 Å². The van der Waals surface area contributed by atoms with E-state index in [0.717, 1.165) is 0 Å². The van der Waals surface area contributed by atoms with Gasteiger partial charge in [-0.15, -0.1) is 10.2 Å². The summed E-state index contributed by atoms with van der Waals surface area (Å²) >= 11 is 0. The van der Waals surface area contributed by atoms with Gasteiger partial charge >= 0.3 is 6.18 Å². The minimum atomic E-state index is -4.55. The van der Waals surface area contributed by atoms with Gasteiger partial charge in [-0.25, -0.2) is 4.21 Å². The summed E-state index contributed by atoms with van der Waals surface area (Å²) < 4.78 is 47.7. The van der Waals surface area contributed by atoms with Crippen LogP contribution >= 0.6 is 0 Å². The van der Waals surface area contributed by atoms with Gasteiger partial charge in [0.25, 0.3) is 0 Å². The molecule has 0 aromatic rings. The topological polar surface area (TPSA) is 41.8 Å². The van der Waals surface area contributed by atoms with E-state index < -0.39 is 20.7 Å². The normalized spacial score (nSPS) is 21.6. The Morgan fingerprint density at radius 2 is 2.00 bits per heavy atom. The molecule has 1 aliphatic rings. The van der Waals surface area contributed by atoms with Crippen LogP contribution in [0.3, 0.4) is 0 Å². The first-order valence-electron chi connectivity index (χ1n) is 4.12. The van der Waals surface area contributed by atoms with Gasteiger partial charge in [0.05, 0.1) is 0 Å². The van der Waals surface area contributed by atoms with Crippen molar-refractivity contribution in [3.8, 4) is 0 Å². The summed E-state index contributed by atoms with van der Waals surface area (Å²) in [5.74, 6) is 0.161. The van der Waals surface area contributed by atoms with E-state index in [9.17, 15) is 17.4 Å². The number of alkyl halides is 3. The minimum absolute atomic E-state index is 0.0863. The quantitative estimate of drug-likeness (QED) is 0.747. The van der Waals surface area contributed by atoms with Gasteiger partial charge in [0.2, 0.25) is 5.04 Å². The summed E-state index contributed by atoms with van der Waals surface area (Å²) in [5.41, 5.74) is 0. The van der Waals surface area contributed by atoms with Crippen LogP contribution in [0.4, 0.5) is 13.2 Å². The predicted molar refractivity (Wildman–Crippen MR) is 55.9 cm³/mol. The second-order valence-electron chi connectivity index (χ2n) is 3.33. The van der Waals surface area contributed by atoms with Crippen molar-refractivity contribution in [1.29, 1.82) is 0 Å². The highest BCUT2D eigenvalue weighted by Crippen LogP contribution is 2.25. The van der Waals surface area contributed by atoms with Gasteiger partial charge in [-0.05, 0) is 5.92 Å².